The Morgan fingerprint density at radius 1 is 1.15 bits per heavy atom. The standard InChI is InChI=1S/C18H14N2O6/c1-10-6-7-14(11(2)8-10)26-15(21)9-19-17(22)12-4-3-5-13(20(24)25)16(12)18(19)23/h3-8H,9H2,1-2H3. The van der Waals surface area contributed by atoms with Gasteiger partial charge in [-0.1, -0.05) is 23.8 Å². The largest absolute Gasteiger partial charge is 0.425 e. The van der Waals surface area contributed by atoms with Crippen LogP contribution in [0, 0.1) is 24.0 Å². The molecule has 2 amide bonds. The summed E-state index contributed by atoms with van der Waals surface area (Å²) >= 11 is 0. The van der Waals surface area contributed by atoms with Crippen LogP contribution in [-0.4, -0.2) is 34.2 Å². The van der Waals surface area contributed by atoms with Crippen molar-refractivity contribution in [2.45, 2.75) is 13.8 Å². The van der Waals surface area contributed by atoms with Crippen LogP contribution in [-0.2, 0) is 4.79 Å². The number of nitrogens with zero attached hydrogens (tertiary/aromatic N) is 2. The summed E-state index contributed by atoms with van der Waals surface area (Å²) in [5, 5.41) is 11.1. The number of imide groups is 1. The number of carbonyl (C=O) groups is 3. The summed E-state index contributed by atoms with van der Waals surface area (Å²) in [5.74, 6) is -2.13. The number of rotatable bonds is 4. The molecule has 26 heavy (non-hydrogen) atoms. The van der Waals surface area contributed by atoms with E-state index >= 15 is 0 Å². The second-order valence-corrected chi connectivity index (χ2v) is 5.90. The summed E-state index contributed by atoms with van der Waals surface area (Å²) < 4.78 is 5.22. The molecule has 8 nitrogen and oxygen atoms in total. The van der Waals surface area contributed by atoms with Crippen molar-refractivity contribution in [3.05, 3.63) is 68.8 Å². The predicted molar refractivity (Wildman–Crippen MR) is 90.0 cm³/mol. The van der Waals surface area contributed by atoms with Crippen LogP contribution in [0.3, 0.4) is 0 Å². The molecule has 132 valence electrons. The van der Waals surface area contributed by atoms with Gasteiger partial charge in [-0.15, -0.1) is 0 Å². The van der Waals surface area contributed by atoms with Crippen LogP contribution < -0.4 is 4.74 Å². The van der Waals surface area contributed by atoms with Gasteiger partial charge < -0.3 is 4.74 Å². The van der Waals surface area contributed by atoms with E-state index in [0.29, 0.717) is 10.6 Å². The van der Waals surface area contributed by atoms with E-state index in [9.17, 15) is 24.5 Å². The normalized spacial score (nSPS) is 12.9. The lowest BCUT2D eigenvalue weighted by Gasteiger charge is -2.13. The summed E-state index contributed by atoms with van der Waals surface area (Å²) in [4.78, 5) is 47.9. The molecule has 0 saturated heterocycles. The highest BCUT2D eigenvalue weighted by atomic mass is 16.6. The van der Waals surface area contributed by atoms with Crippen molar-refractivity contribution in [2.75, 3.05) is 6.54 Å². The third-order valence-electron chi connectivity index (χ3n) is 4.02. The van der Waals surface area contributed by atoms with Crippen LogP contribution in [0.15, 0.2) is 36.4 Å². The number of esters is 1. The molecule has 0 radical (unpaired) electrons. The molecule has 1 heterocycles. The van der Waals surface area contributed by atoms with Gasteiger partial charge >= 0.3 is 5.97 Å². The fourth-order valence-corrected chi connectivity index (χ4v) is 2.81. The van der Waals surface area contributed by atoms with E-state index in [1.165, 1.54) is 12.1 Å². The molecule has 0 fully saturated rings. The Balaban J connectivity index is 1.82. The molecule has 2 aromatic rings. The SMILES string of the molecule is Cc1ccc(OC(=O)CN2C(=O)c3cccc([N+](=O)[O-])c3C2=O)c(C)c1. The molecule has 8 heteroatoms. The number of aryl methyl sites for hydroxylation is 2. The summed E-state index contributed by atoms with van der Waals surface area (Å²) in [6.07, 6.45) is 0. The predicted octanol–water partition coefficient (Wildman–Crippen LogP) is 2.41. The molecular formula is C18H14N2O6. The van der Waals surface area contributed by atoms with Gasteiger partial charge in [0, 0.05) is 6.07 Å². The molecule has 0 N–H and O–H groups in total. The van der Waals surface area contributed by atoms with Crippen LogP contribution in [0.2, 0.25) is 0 Å². The lowest BCUT2D eigenvalue weighted by Crippen LogP contribution is -2.36. The van der Waals surface area contributed by atoms with Crippen molar-refractivity contribution in [3.8, 4) is 5.75 Å². The maximum absolute atomic E-state index is 12.4. The van der Waals surface area contributed by atoms with E-state index in [1.54, 1.807) is 19.1 Å². The number of benzene rings is 2. The summed E-state index contributed by atoms with van der Waals surface area (Å²) in [5.41, 5.74) is 0.864. The lowest BCUT2D eigenvalue weighted by atomic mass is 10.1. The maximum Gasteiger partial charge on any atom is 0.331 e. The Labute approximate surface area is 148 Å². The minimum absolute atomic E-state index is 0.0940. The number of hydrogen-bond donors (Lipinski definition) is 0. The Morgan fingerprint density at radius 3 is 2.54 bits per heavy atom. The number of ether oxygens (including phenoxy) is 1. The van der Waals surface area contributed by atoms with Crippen molar-refractivity contribution in [1.82, 2.24) is 4.90 Å². The minimum Gasteiger partial charge on any atom is -0.425 e. The third kappa shape index (κ3) is 2.92. The monoisotopic (exact) mass is 354 g/mol. The molecular weight excluding hydrogens is 340 g/mol. The zero-order chi connectivity index (χ0) is 19.0. The van der Waals surface area contributed by atoms with E-state index in [1.807, 2.05) is 13.0 Å². The quantitative estimate of drug-likeness (QED) is 0.274. The Kier molecular flexibility index (Phi) is 4.25. The molecule has 1 aliphatic rings. The van der Waals surface area contributed by atoms with Gasteiger partial charge in [0.15, 0.2) is 0 Å². The molecule has 0 aliphatic carbocycles. The number of amides is 2. The van der Waals surface area contributed by atoms with Crippen LogP contribution in [0.4, 0.5) is 5.69 Å². The number of fused-ring (bicyclic) bond motifs is 1. The highest BCUT2D eigenvalue weighted by Gasteiger charge is 2.42. The van der Waals surface area contributed by atoms with Crippen molar-refractivity contribution < 1.29 is 24.0 Å². The lowest BCUT2D eigenvalue weighted by molar-refractivity contribution is -0.385. The molecule has 2 aromatic carbocycles. The van der Waals surface area contributed by atoms with Gasteiger partial charge in [-0.05, 0) is 31.5 Å². The fourth-order valence-electron chi connectivity index (χ4n) is 2.81. The molecule has 0 unspecified atom stereocenters. The van der Waals surface area contributed by atoms with E-state index in [0.717, 1.165) is 17.2 Å². The van der Waals surface area contributed by atoms with Crippen LogP contribution in [0.5, 0.6) is 5.75 Å². The molecule has 1 aliphatic heterocycles. The number of nitro groups is 1. The smallest absolute Gasteiger partial charge is 0.331 e. The topological polar surface area (TPSA) is 107 Å². The highest BCUT2D eigenvalue weighted by Crippen LogP contribution is 2.30. The number of carbonyl (C=O) groups excluding carboxylic acids is 3. The first-order valence-corrected chi connectivity index (χ1v) is 7.71. The van der Waals surface area contributed by atoms with Gasteiger partial charge in [0.05, 0.1) is 10.5 Å². The van der Waals surface area contributed by atoms with Gasteiger partial charge in [0.1, 0.15) is 17.9 Å². The number of nitro benzene ring substituents is 1. The van der Waals surface area contributed by atoms with E-state index < -0.39 is 34.9 Å². The van der Waals surface area contributed by atoms with Gasteiger partial charge in [-0.3, -0.25) is 24.6 Å². The van der Waals surface area contributed by atoms with E-state index in [-0.39, 0.29) is 11.1 Å². The average Bonchev–Trinajstić information content (AvgIpc) is 2.82. The van der Waals surface area contributed by atoms with E-state index in [4.69, 9.17) is 4.74 Å². The Morgan fingerprint density at radius 2 is 1.88 bits per heavy atom. The van der Waals surface area contributed by atoms with Crippen LogP contribution >= 0.6 is 0 Å². The van der Waals surface area contributed by atoms with Gasteiger partial charge in [-0.2, -0.15) is 0 Å². The van der Waals surface area contributed by atoms with Gasteiger partial charge in [0.25, 0.3) is 17.5 Å². The minimum atomic E-state index is -0.880. The Hall–Kier alpha value is -3.55. The van der Waals surface area contributed by atoms with Gasteiger partial charge in [-0.25, -0.2) is 4.79 Å². The van der Waals surface area contributed by atoms with Crippen molar-refractivity contribution in [2.24, 2.45) is 0 Å². The maximum atomic E-state index is 12.4. The summed E-state index contributed by atoms with van der Waals surface area (Å²) in [6.45, 7) is 3.03. The molecule has 0 saturated carbocycles. The third-order valence-corrected chi connectivity index (χ3v) is 4.02. The zero-order valence-electron chi connectivity index (χ0n) is 14.0. The van der Waals surface area contributed by atoms with Crippen molar-refractivity contribution >= 4 is 23.5 Å². The van der Waals surface area contributed by atoms with Crippen LogP contribution in [0.1, 0.15) is 31.8 Å². The van der Waals surface area contributed by atoms with Crippen LogP contribution in [0.25, 0.3) is 0 Å². The molecule has 0 atom stereocenters. The average molecular weight is 354 g/mol. The summed E-state index contributed by atoms with van der Waals surface area (Å²) in [6, 6.07) is 8.99. The second kappa shape index (κ2) is 6.40. The van der Waals surface area contributed by atoms with Crippen molar-refractivity contribution in [1.29, 1.82) is 0 Å². The first-order valence-electron chi connectivity index (χ1n) is 7.71. The first kappa shape index (κ1) is 17.3. The van der Waals surface area contributed by atoms with E-state index in [2.05, 4.69) is 0 Å². The summed E-state index contributed by atoms with van der Waals surface area (Å²) in [7, 11) is 0. The highest BCUT2D eigenvalue weighted by molar-refractivity contribution is 6.24. The number of hydrogen-bond acceptors (Lipinski definition) is 6. The fraction of sp³-hybridized carbons (Fsp3) is 0.167. The molecule has 3 rings (SSSR count). The molecule has 0 aromatic heterocycles. The molecule has 0 spiro atoms. The first-order chi connectivity index (χ1) is 12.3. The van der Waals surface area contributed by atoms with Crippen molar-refractivity contribution in [3.63, 3.8) is 0 Å². The zero-order valence-corrected chi connectivity index (χ0v) is 14.0. The molecule has 0 bridgehead atoms. The Bertz CT molecular complexity index is 966. The second-order valence-electron chi connectivity index (χ2n) is 5.90. The van der Waals surface area contributed by atoms with Gasteiger partial charge in [0.2, 0.25) is 0 Å².